The van der Waals surface area contributed by atoms with E-state index in [0.717, 1.165) is 4.88 Å². The minimum atomic E-state index is -0.615. The van der Waals surface area contributed by atoms with Gasteiger partial charge in [0.1, 0.15) is 6.04 Å². The fraction of sp³-hybridized carbons (Fsp3) is 0.115. The molecule has 7 nitrogen and oxygen atoms in total. The third kappa shape index (κ3) is 4.20. The largest absolute Gasteiger partial charge is 0.504 e. The molecule has 1 aliphatic rings. The molecule has 9 heteroatoms. The quantitative estimate of drug-likeness (QED) is 0.435. The van der Waals surface area contributed by atoms with Crippen LogP contribution in [0.25, 0.3) is 6.08 Å². The van der Waals surface area contributed by atoms with E-state index in [9.17, 15) is 14.7 Å². The molecule has 0 unspecified atom stereocenters. The maximum atomic E-state index is 13.6. The summed E-state index contributed by atoms with van der Waals surface area (Å²) in [5, 5.41) is 15.4. The number of nitrogens with one attached hydrogen (secondary N) is 1. The maximum Gasteiger partial charge on any atom is 0.271 e. The number of thiazole rings is 1. The number of allylic oxidation sites excluding steroid dienone is 1. The number of aromatic nitrogens is 1. The average molecular weight is 504 g/mol. The number of aromatic hydroxyl groups is 1. The average Bonchev–Trinajstić information content (AvgIpc) is 3.49. The van der Waals surface area contributed by atoms with Gasteiger partial charge in [0.05, 0.1) is 22.9 Å². The molecule has 0 saturated heterocycles. The highest BCUT2D eigenvalue weighted by molar-refractivity contribution is 7.10. The number of hydrogen-bond donors (Lipinski definition) is 2. The molecule has 35 heavy (non-hydrogen) atoms. The molecule has 5 rings (SSSR count). The molecular weight excluding hydrogens is 482 g/mol. The lowest BCUT2D eigenvalue weighted by Gasteiger charge is -2.24. The van der Waals surface area contributed by atoms with Gasteiger partial charge >= 0.3 is 0 Å². The molecule has 0 spiro atoms. The number of rotatable bonds is 5. The Balaban J connectivity index is 1.66. The van der Waals surface area contributed by atoms with E-state index in [0.29, 0.717) is 37.6 Å². The Labute approximate surface area is 208 Å². The van der Waals surface area contributed by atoms with Crippen LogP contribution < -0.4 is 24.9 Å². The normalized spacial score (nSPS) is 15.5. The summed E-state index contributed by atoms with van der Waals surface area (Å²) in [7, 11) is 1.47. The molecule has 0 bridgehead atoms. The number of carbonyl (C=O) groups is 1. The van der Waals surface area contributed by atoms with Gasteiger partial charge in [0.2, 0.25) is 0 Å². The van der Waals surface area contributed by atoms with Crippen molar-refractivity contribution in [3.63, 3.8) is 0 Å². The first-order chi connectivity index (χ1) is 17.0. The van der Waals surface area contributed by atoms with E-state index in [-0.39, 0.29) is 17.2 Å². The smallest absolute Gasteiger partial charge is 0.271 e. The second kappa shape index (κ2) is 9.36. The zero-order valence-electron chi connectivity index (χ0n) is 18.9. The summed E-state index contributed by atoms with van der Waals surface area (Å²) < 4.78 is 7.14. The summed E-state index contributed by atoms with van der Waals surface area (Å²) in [6.45, 7) is 1.78. The number of amides is 1. The second-order valence-electron chi connectivity index (χ2n) is 7.82. The number of anilines is 1. The lowest BCUT2D eigenvalue weighted by molar-refractivity contribution is -0.113. The van der Waals surface area contributed by atoms with E-state index >= 15 is 0 Å². The van der Waals surface area contributed by atoms with Gasteiger partial charge in [-0.05, 0) is 42.6 Å². The van der Waals surface area contributed by atoms with Gasteiger partial charge in [-0.25, -0.2) is 4.99 Å². The van der Waals surface area contributed by atoms with Gasteiger partial charge in [-0.1, -0.05) is 47.7 Å². The van der Waals surface area contributed by atoms with Crippen molar-refractivity contribution in [2.24, 2.45) is 4.99 Å². The lowest BCUT2D eigenvalue weighted by Crippen LogP contribution is -2.40. The first kappa shape index (κ1) is 22.8. The second-order valence-corrected chi connectivity index (χ2v) is 9.80. The SMILES string of the molecule is COc1cccc(/C=c2\sc3n(c2=O)[C@@H](c2cccs2)C(C(=O)Nc2ccccc2)=C(C)N=3)c1O. The number of hydrogen-bond acceptors (Lipinski definition) is 7. The van der Waals surface area contributed by atoms with Gasteiger partial charge in [0.25, 0.3) is 11.5 Å². The van der Waals surface area contributed by atoms with E-state index in [1.807, 2.05) is 47.8 Å². The van der Waals surface area contributed by atoms with Crippen LogP contribution in [0.3, 0.4) is 0 Å². The Kier molecular flexibility index (Phi) is 6.10. The Morgan fingerprint density at radius 1 is 1.14 bits per heavy atom. The van der Waals surface area contributed by atoms with Gasteiger partial charge in [-0.2, -0.15) is 0 Å². The summed E-state index contributed by atoms with van der Waals surface area (Å²) in [6, 6.07) is 17.5. The van der Waals surface area contributed by atoms with Crippen LogP contribution in [0.5, 0.6) is 11.5 Å². The van der Waals surface area contributed by atoms with E-state index < -0.39 is 6.04 Å². The van der Waals surface area contributed by atoms with Crippen LogP contribution in [-0.2, 0) is 4.79 Å². The van der Waals surface area contributed by atoms with E-state index in [1.165, 1.54) is 29.8 Å². The van der Waals surface area contributed by atoms with E-state index in [2.05, 4.69) is 10.3 Å². The first-order valence-electron chi connectivity index (χ1n) is 10.8. The number of fused-ring (bicyclic) bond motifs is 1. The zero-order valence-corrected chi connectivity index (χ0v) is 20.5. The fourth-order valence-corrected chi connectivity index (χ4v) is 5.87. The summed E-state index contributed by atoms with van der Waals surface area (Å²) >= 11 is 2.69. The molecule has 1 aliphatic heterocycles. The topological polar surface area (TPSA) is 92.9 Å². The lowest BCUT2D eigenvalue weighted by atomic mass is 10.0. The number of methoxy groups -OCH3 is 1. The van der Waals surface area contributed by atoms with E-state index in [4.69, 9.17) is 4.74 Å². The van der Waals surface area contributed by atoms with Gasteiger partial charge < -0.3 is 15.2 Å². The third-order valence-electron chi connectivity index (χ3n) is 5.65. The Hall–Kier alpha value is -3.95. The first-order valence-corrected chi connectivity index (χ1v) is 12.5. The van der Waals surface area contributed by atoms with Crippen molar-refractivity contribution < 1.29 is 14.6 Å². The van der Waals surface area contributed by atoms with Crippen LogP contribution in [0, 0.1) is 0 Å². The van der Waals surface area contributed by atoms with Gasteiger partial charge in [0, 0.05) is 16.1 Å². The third-order valence-corrected chi connectivity index (χ3v) is 7.56. The number of thiophene rings is 1. The summed E-state index contributed by atoms with van der Waals surface area (Å²) in [6.07, 6.45) is 1.62. The number of phenols is 1. The zero-order chi connectivity index (χ0) is 24.5. The van der Waals surface area contributed by atoms with Crippen molar-refractivity contribution in [2.75, 3.05) is 12.4 Å². The highest BCUT2D eigenvalue weighted by atomic mass is 32.1. The number of phenolic OH excluding ortho intramolecular Hbond substituents is 1. The van der Waals surface area contributed by atoms with Crippen LogP contribution in [0.2, 0.25) is 0 Å². The molecule has 0 fully saturated rings. The van der Waals surface area contributed by atoms with Crippen LogP contribution in [0.15, 0.2) is 87.1 Å². The Morgan fingerprint density at radius 2 is 1.94 bits per heavy atom. The molecule has 0 radical (unpaired) electrons. The predicted octanol–water partition coefficient (Wildman–Crippen LogP) is 3.65. The number of para-hydroxylation sites is 2. The van der Waals surface area contributed by atoms with Crippen LogP contribution >= 0.6 is 22.7 Å². The molecule has 0 saturated carbocycles. The Morgan fingerprint density at radius 3 is 2.66 bits per heavy atom. The molecule has 2 N–H and O–H groups in total. The minimum absolute atomic E-state index is 0.0465. The number of carbonyl (C=O) groups excluding carboxylic acids is 1. The number of ether oxygens (including phenoxy) is 1. The van der Waals surface area contributed by atoms with Crippen LogP contribution in [-0.4, -0.2) is 22.7 Å². The summed E-state index contributed by atoms with van der Waals surface area (Å²) in [4.78, 5) is 33.0. The van der Waals surface area contributed by atoms with Crippen molar-refractivity contribution in [1.82, 2.24) is 4.57 Å². The maximum absolute atomic E-state index is 13.6. The standard InChI is InChI=1S/C26H21N3O4S2/c1-15-21(24(31)28-17-9-4-3-5-10-17)22(19-12-7-13-34-19)29-25(32)20(35-26(29)27-15)14-16-8-6-11-18(33-2)23(16)30/h3-14,22,30H,1-2H3,(H,28,31)/b20-14-/t22-/m0/s1. The highest BCUT2D eigenvalue weighted by Crippen LogP contribution is 2.33. The summed E-state index contributed by atoms with van der Waals surface area (Å²) in [5.41, 5.74) is 1.80. The number of nitrogens with zero attached hydrogens (tertiary/aromatic N) is 2. The molecule has 2 aromatic heterocycles. The molecule has 0 aliphatic carbocycles. The van der Waals surface area contributed by atoms with Crippen LogP contribution in [0.4, 0.5) is 5.69 Å². The molecule has 4 aromatic rings. The van der Waals surface area contributed by atoms with Crippen molar-refractivity contribution in [3.8, 4) is 11.5 Å². The van der Waals surface area contributed by atoms with Gasteiger partial charge in [-0.15, -0.1) is 11.3 Å². The monoisotopic (exact) mass is 503 g/mol. The van der Waals surface area contributed by atoms with Gasteiger partial charge in [-0.3, -0.25) is 14.2 Å². The van der Waals surface area contributed by atoms with Crippen LogP contribution in [0.1, 0.15) is 23.4 Å². The molecule has 3 heterocycles. The summed E-state index contributed by atoms with van der Waals surface area (Å²) in [5.74, 6) is -0.0379. The molecule has 2 aromatic carbocycles. The Bertz CT molecular complexity index is 1620. The van der Waals surface area contributed by atoms with Crippen molar-refractivity contribution >= 4 is 40.3 Å². The molecular formula is C26H21N3O4S2. The molecule has 1 amide bonds. The van der Waals surface area contributed by atoms with Crippen molar-refractivity contribution in [2.45, 2.75) is 13.0 Å². The van der Waals surface area contributed by atoms with E-state index in [1.54, 1.807) is 35.8 Å². The van der Waals surface area contributed by atoms with Gasteiger partial charge in [0.15, 0.2) is 16.3 Å². The molecule has 1 atom stereocenters. The fourth-order valence-electron chi connectivity index (χ4n) is 4.01. The minimum Gasteiger partial charge on any atom is -0.504 e. The highest BCUT2D eigenvalue weighted by Gasteiger charge is 2.33. The van der Waals surface area contributed by atoms with Crippen molar-refractivity contribution in [3.05, 3.63) is 107 Å². The molecule has 176 valence electrons. The van der Waals surface area contributed by atoms with Crippen molar-refractivity contribution in [1.29, 1.82) is 0 Å². The number of benzene rings is 2. The predicted molar refractivity (Wildman–Crippen MR) is 138 cm³/mol.